The molecule has 0 radical (unpaired) electrons. The lowest BCUT2D eigenvalue weighted by Gasteiger charge is -2.27. The summed E-state index contributed by atoms with van der Waals surface area (Å²) >= 11 is 0. The van der Waals surface area contributed by atoms with Crippen molar-refractivity contribution in [1.82, 2.24) is 5.32 Å². The molecule has 1 aliphatic heterocycles. The molecule has 1 N–H and O–H groups in total. The lowest BCUT2D eigenvalue weighted by Crippen LogP contribution is -2.23. The molecule has 0 saturated heterocycles. The molecule has 0 saturated carbocycles. The average molecular weight is 211 g/mol. The molecule has 1 aromatic carbocycles. The highest BCUT2D eigenvalue weighted by molar-refractivity contribution is 5.69. The van der Waals surface area contributed by atoms with Gasteiger partial charge in [-0.15, -0.1) is 6.58 Å². The number of hydrogen-bond donors (Lipinski definition) is 1. The summed E-state index contributed by atoms with van der Waals surface area (Å²) in [5.74, 6) is 0.354. The molecule has 0 fully saturated rings. The molecule has 0 spiro atoms. The standard InChI is InChI=1S/C15H17N/c1-4-13-10-11(2)15(16-12(13)3)14-8-6-5-7-9-14/h4-9,13,16H,1,3,10H2,2H3. The molecule has 1 nitrogen and oxygen atoms in total. The minimum Gasteiger partial charge on any atom is -0.358 e. The van der Waals surface area contributed by atoms with Crippen LogP contribution in [0, 0.1) is 5.92 Å². The highest BCUT2D eigenvalue weighted by Crippen LogP contribution is 2.30. The normalized spacial score (nSPS) is 20.6. The van der Waals surface area contributed by atoms with Gasteiger partial charge < -0.3 is 5.32 Å². The van der Waals surface area contributed by atoms with Gasteiger partial charge in [0, 0.05) is 17.3 Å². The fraction of sp³-hybridized carbons (Fsp3) is 0.200. The van der Waals surface area contributed by atoms with Crippen molar-refractivity contribution in [3.8, 4) is 0 Å². The fourth-order valence-electron chi connectivity index (χ4n) is 2.06. The van der Waals surface area contributed by atoms with E-state index in [9.17, 15) is 0 Å². The number of allylic oxidation sites excluding steroid dienone is 2. The van der Waals surface area contributed by atoms with E-state index in [1.165, 1.54) is 16.8 Å². The van der Waals surface area contributed by atoms with Gasteiger partial charge in [0.2, 0.25) is 0 Å². The molecule has 1 aliphatic rings. The maximum atomic E-state index is 4.06. The second kappa shape index (κ2) is 4.40. The molecule has 0 bridgehead atoms. The Morgan fingerprint density at radius 1 is 1.31 bits per heavy atom. The van der Waals surface area contributed by atoms with Gasteiger partial charge in [0.1, 0.15) is 0 Å². The van der Waals surface area contributed by atoms with Gasteiger partial charge in [-0.05, 0) is 24.5 Å². The molecule has 2 rings (SSSR count). The van der Waals surface area contributed by atoms with Crippen LogP contribution in [0.2, 0.25) is 0 Å². The van der Waals surface area contributed by atoms with Crippen LogP contribution in [0.3, 0.4) is 0 Å². The van der Waals surface area contributed by atoms with Crippen LogP contribution in [-0.2, 0) is 0 Å². The minimum absolute atomic E-state index is 0.354. The van der Waals surface area contributed by atoms with Crippen LogP contribution < -0.4 is 5.32 Å². The molecule has 0 aliphatic carbocycles. The largest absolute Gasteiger partial charge is 0.358 e. The van der Waals surface area contributed by atoms with Crippen LogP contribution >= 0.6 is 0 Å². The third kappa shape index (κ3) is 1.94. The Kier molecular flexibility index (Phi) is 2.95. The average Bonchev–Trinajstić information content (AvgIpc) is 2.32. The van der Waals surface area contributed by atoms with Crippen LogP contribution in [-0.4, -0.2) is 0 Å². The van der Waals surface area contributed by atoms with Gasteiger partial charge in [0.25, 0.3) is 0 Å². The number of benzene rings is 1. The Hall–Kier alpha value is -1.76. The zero-order valence-corrected chi connectivity index (χ0v) is 9.66. The van der Waals surface area contributed by atoms with Gasteiger partial charge in [0.15, 0.2) is 0 Å². The zero-order valence-electron chi connectivity index (χ0n) is 9.66. The SMILES string of the molecule is C=CC1CC(C)=C(c2ccccc2)NC1=C. The molecule has 0 aromatic heterocycles. The number of nitrogens with one attached hydrogen (secondary N) is 1. The van der Waals surface area contributed by atoms with Crippen molar-refractivity contribution in [3.63, 3.8) is 0 Å². The quantitative estimate of drug-likeness (QED) is 0.735. The highest BCUT2D eigenvalue weighted by atomic mass is 14.9. The van der Waals surface area contributed by atoms with Gasteiger partial charge in [-0.2, -0.15) is 0 Å². The third-order valence-electron chi connectivity index (χ3n) is 3.03. The molecule has 1 heteroatoms. The Morgan fingerprint density at radius 3 is 2.62 bits per heavy atom. The molecule has 1 heterocycles. The molecule has 1 aromatic rings. The first-order chi connectivity index (χ1) is 7.72. The van der Waals surface area contributed by atoms with E-state index in [0.29, 0.717) is 5.92 Å². The van der Waals surface area contributed by atoms with Gasteiger partial charge in [-0.3, -0.25) is 0 Å². The van der Waals surface area contributed by atoms with Gasteiger partial charge in [-0.1, -0.05) is 43.0 Å². The summed E-state index contributed by atoms with van der Waals surface area (Å²) in [7, 11) is 0. The van der Waals surface area contributed by atoms with Crippen LogP contribution in [0.15, 0.2) is 60.8 Å². The number of rotatable bonds is 2. The molecular weight excluding hydrogens is 194 g/mol. The van der Waals surface area contributed by atoms with Gasteiger partial charge >= 0.3 is 0 Å². The summed E-state index contributed by atoms with van der Waals surface area (Å²) < 4.78 is 0. The lowest BCUT2D eigenvalue weighted by atomic mass is 9.90. The summed E-state index contributed by atoms with van der Waals surface area (Å²) in [5, 5.41) is 3.40. The van der Waals surface area contributed by atoms with E-state index < -0.39 is 0 Å². The fourth-order valence-corrected chi connectivity index (χ4v) is 2.06. The van der Waals surface area contributed by atoms with E-state index in [-0.39, 0.29) is 0 Å². The first-order valence-electron chi connectivity index (χ1n) is 5.56. The maximum Gasteiger partial charge on any atom is 0.0444 e. The Morgan fingerprint density at radius 2 is 2.00 bits per heavy atom. The van der Waals surface area contributed by atoms with Crippen molar-refractivity contribution in [2.24, 2.45) is 5.92 Å². The predicted octanol–water partition coefficient (Wildman–Crippen LogP) is 3.73. The monoisotopic (exact) mass is 211 g/mol. The van der Waals surface area contributed by atoms with E-state index >= 15 is 0 Å². The Bertz CT molecular complexity index is 440. The highest BCUT2D eigenvalue weighted by Gasteiger charge is 2.19. The smallest absolute Gasteiger partial charge is 0.0444 e. The van der Waals surface area contributed by atoms with Crippen LogP contribution in [0.1, 0.15) is 18.9 Å². The summed E-state index contributed by atoms with van der Waals surface area (Å²) in [5.41, 5.74) is 4.83. The van der Waals surface area contributed by atoms with Crippen LogP contribution in [0.25, 0.3) is 5.70 Å². The summed E-state index contributed by atoms with van der Waals surface area (Å²) in [6, 6.07) is 10.4. The van der Waals surface area contributed by atoms with Crippen molar-refractivity contribution < 1.29 is 0 Å². The minimum atomic E-state index is 0.354. The van der Waals surface area contributed by atoms with Crippen molar-refractivity contribution in [2.45, 2.75) is 13.3 Å². The first kappa shape index (κ1) is 10.7. The molecule has 0 amide bonds. The molecular formula is C15H17N. The van der Waals surface area contributed by atoms with E-state index in [2.05, 4.69) is 49.7 Å². The third-order valence-corrected chi connectivity index (χ3v) is 3.03. The molecule has 82 valence electrons. The van der Waals surface area contributed by atoms with Crippen molar-refractivity contribution >= 4 is 5.70 Å². The second-order valence-electron chi connectivity index (χ2n) is 4.22. The van der Waals surface area contributed by atoms with Gasteiger partial charge in [0.05, 0.1) is 0 Å². The van der Waals surface area contributed by atoms with Crippen molar-refractivity contribution in [3.05, 3.63) is 66.4 Å². The maximum absolute atomic E-state index is 4.06. The Labute approximate surface area is 97.2 Å². The van der Waals surface area contributed by atoms with E-state index in [1.807, 2.05) is 12.1 Å². The van der Waals surface area contributed by atoms with E-state index in [0.717, 1.165) is 12.1 Å². The molecule has 16 heavy (non-hydrogen) atoms. The lowest BCUT2D eigenvalue weighted by molar-refractivity contribution is 0.679. The zero-order chi connectivity index (χ0) is 11.5. The van der Waals surface area contributed by atoms with Crippen LogP contribution in [0.4, 0.5) is 0 Å². The summed E-state index contributed by atoms with van der Waals surface area (Å²) in [4.78, 5) is 0. The number of hydrogen-bond acceptors (Lipinski definition) is 1. The molecule has 1 unspecified atom stereocenters. The summed E-state index contributed by atoms with van der Waals surface area (Å²) in [6.45, 7) is 10.1. The molecule has 1 atom stereocenters. The predicted molar refractivity (Wildman–Crippen MR) is 69.6 cm³/mol. The van der Waals surface area contributed by atoms with E-state index in [4.69, 9.17) is 0 Å². The van der Waals surface area contributed by atoms with Crippen molar-refractivity contribution in [2.75, 3.05) is 0 Å². The topological polar surface area (TPSA) is 12.0 Å². The second-order valence-corrected chi connectivity index (χ2v) is 4.22. The van der Waals surface area contributed by atoms with Gasteiger partial charge in [-0.25, -0.2) is 0 Å². The first-order valence-corrected chi connectivity index (χ1v) is 5.56. The van der Waals surface area contributed by atoms with E-state index in [1.54, 1.807) is 0 Å². The summed E-state index contributed by atoms with van der Waals surface area (Å²) in [6.07, 6.45) is 2.97. The Balaban J connectivity index is 2.36. The van der Waals surface area contributed by atoms with Crippen LogP contribution in [0.5, 0.6) is 0 Å². The van der Waals surface area contributed by atoms with Crippen molar-refractivity contribution in [1.29, 1.82) is 0 Å².